The van der Waals surface area contributed by atoms with E-state index in [0.29, 0.717) is 30.4 Å². The van der Waals surface area contributed by atoms with Gasteiger partial charge in [-0.1, -0.05) is 70.6 Å². The molecule has 0 saturated carbocycles. The van der Waals surface area contributed by atoms with Gasteiger partial charge in [0.2, 0.25) is 5.91 Å². The number of aliphatic hydroxyl groups excluding tert-OH is 1. The number of hydrogen-bond donors (Lipinski definition) is 3. The Balaban J connectivity index is 1.13. The molecule has 1 amide bonds. The highest BCUT2D eigenvalue weighted by Gasteiger charge is 2.60. The van der Waals surface area contributed by atoms with Crippen LogP contribution in [0, 0.1) is 23.7 Å². The average molecular weight is 972 g/mol. The van der Waals surface area contributed by atoms with Crippen LogP contribution in [0.5, 0.6) is 0 Å². The predicted octanol–water partition coefficient (Wildman–Crippen LogP) is 5.06. The van der Waals surface area contributed by atoms with Crippen molar-refractivity contribution in [1.29, 1.82) is 0 Å². The molecule has 4 saturated heterocycles. The topological polar surface area (TPSA) is 205 Å². The number of carbonyl (C=O) groups is 3. The Labute approximate surface area is 407 Å². The number of nitrogens with one attached hydrogen (secondary N) is 1. The minimum Gasteiger partial charge on any atom is -0.462 e. The van der Waals surface area contributed by atoms with E-state index < -0.39 is 109 Å². The second-order valence-corrected chi connectivity index (χ2v) is 20.3. The average Bonchev–Trinajstić information content (AvgIpc) is 3.65. The molecule has 20 atom stereocenters. The van der Waals surface area contributed by atoms with E-state index in [2.05, 4.69) is 38.2 Å². The van der Waals surface area contributed by atoms with Crippen molar-refractivity contribution in [2.45, 2.75) is 198 Å². The van der Waals surface area contributed by atoms with E-state index in [1.165, 1.54) is 14.0 Å². The molecule has 7 rings (SSSR count). The van der Waals surface area contributed by atoms with Crippen LogP contribution in [0.1, 0.15) is 101 Å². The summed E-state index contributed by atoms with van der Waals surface area (Å²) in [6.07, 6.45) is 7.47. The molecule has 1 aliphatic carbocycles. The lowest BCUT2D eigenvalue weighted by molar-refractivity contribution is -0.319. The van der Waals surface area contributed by atoms with E-state index >= 15 is 0 Å². The molecule has 6 heterocycles. The molecule has 0 aromatic rings. The molecule has 0 unspecified atom stereocenters. The molecule has 1 spiro atoms. The zero-order chi connectivity index (χ0) is 49.9. The van der Waals surface area contributed by atoms with Crippen molar-refractivity contribution >= 4 is 17.8 Å². The van der Waals surface area contributed by atoms with Crippen molar-refractivity contribution in [1.82, 2.24) is 5.32 Å². The van der Waals surface area contributed by atoms with Crippen molar-refractivity contribution in [2.24, 2.45) is 23.7 Å². The van der Waals surface area contributed by atoms with Crippen LogP contribution in [0.3, 0.4) is 0 Å². The van der Waals surface area contributed by atoms with Crippen LogP contribution < -0.4 is 5.32 Å². The zero-order valence-electron chi connectivity index (χ0n) is 42.2. The minimum atomic E-state index is -1.86. The highest BCUT2D eigenvalue weighted by atomic mass is 16.7. The zero-order valence-corrected chi connectivity index (χ0v) is 42.2. The molecular weight excluding hydrogens is 895 g/mol. The first-order chi connectivity index (χ1) is 32.8. The fourth-order valence-electron chi connectivity index (χ4n) is 11.1. The van der Waals surface area contributed by atoms with Gasteiger partial charge in [-0.2, -0.15) is 0 Å². The van der Waals surface area contributed by atoms with E-state index in [0.717, 1.165) is 12.0 Å². The summed E-state index contributed by atoms with van der Waals surface area (Å²) in [6.45, 7) is 17.0. The highest BCUT2D eigenvalue weighted by Crippen LogP contribution is 2.47. The van der Waals surface area contributed by atoms with Crippen molar-refractivity contribution in [3.05, 3.63) is 59.3 Å². The SMILES string of the molecule is CC[C@H](C)[C@H]1O[C@]2(C=C[C@@H]1C)C[C@@H]1C[C@@H](C/C=C(\C)[C@@H](O[C@H]3C[C@@H](OC)[C@@H](O[C@H]4C[C@@H](OC)[C@@H](OC(=O)CNC(C)=O)[C@H](C)O4)[C@H](C)O3)[C@@H](C)/C=C/C=C3\CO[C@@H]4[C@H](O)C(C)=C[C@@H](C(=O)O1)[C@]34O)O2. The van der Waals surface area contributed by atoms with Crippen LogP contribution in [-0.2, 0) is 66.5 Å². The van der Waals surface area contributed by atoms with Gasteiger partial charge in [0.1, 0.15) is 48.6 Å². The minimum absolute atomic E-state index is 0.0112. The van der Waals surface area contributed by atoms with E-state index in [1.54, 1.807) is 33.1 Å². The standard InChI is InChI=1S/C52H77NO16/c1-12-27(2)46-30(5)18-19-51(69-46)24-37-21-36(68-51)17-16-29(4)45(28(3)14-13-15-35-26-61-49-44(56)31(6)20-38(50(57)64-37)52(35,49)58)66-42-23-40(60-11)48(33(8)63-42)67-43-22-39(59-10)47(32(7)62-43)65-41(55)25-53-34(9)54/h13-16,18-20,27-28,30,32-33,36-40,42-49,56,58H,12,17,21-26H2,1-11H3,(H,53,54)/b14-13+,29-16+,35-15+/t27-,28-,30-,32-,33-,36+,37-,38-,39+,40+,42-,43-,44+,45-,46+,47-,48-,49+,51+,52+/m0/s1. The third-order valence-corrected chi connectivity index (χ3v) is 15.2. The molecule has 0 aromatic carbocycles. The molecule has 69 heavy (non-hydrogen) atoms. The summed E-state index contributed by atoms with van der Waals surface area (Å²) >= 11 is 0. The lowest BCUT2D eigenvalue weighted by Crippen LogP contribution is -2.58. The van der Waals surface area contributed by atoms with E-state index in [1.807, 2.05) is 39.0 Å². The lowest BCUT2D eigenvalue weighted by Gasteiger charge is -2.48. The monoisotopic (exact) mass is 972 g/mol. The molecule has 6 aliphatic heterocycles. The Morgan fingerprint density at radius 2 is 1.59 bits per heavy atom. The van der Waals surface area contributed by atoms with Crippen LogP contribution in [0.25, 0.3) is 0 Å². The number of aliphatic hydroxyl groups is 2. The summed E-state index contributed by atoms with van der Waals surface area (Å²) in [5, 5.41) is 26.3. The fourth-order valence-corrected chi connectivity index (χ4v) is 11.1. The molecule has 0 radical (unpaired) electrons. The van der Waals surface area contributed by atoms with Gasteiger partial charge < -0.3 is 67.6 Å². The van der Waals surface area contributed by atoms with Gasteiger partial charge in [0, 0.05) is 58.7 Å². The van der Waals surface area contributed by atoms with Gasteiger partial charge in [0.05, 0.1) is 43.2 Å². The number of carbonyl (C=O) groups excluding carboxylic acids is 3. The van der Waals surface area contributed by atoms with Gasteiger partial charge in [-0.3, -0.25) is 14.4 Å². The van der Waals surface area contributed by atoms with Crippen molar-refractivity contribution < 1.29 is 76.7 Å². The van der Waals surface area contributed by atoms with Gasteiger partial charge in [0.15, 0.2) is 24.5 Å². The van der Waals surface area contributed by atoms with Crippen LogP contribution in [0.15, 0.2) is 59.3 Å². The molecule has 17 heteroatoms. The molecule has 3 N–H and O–H groups in total. The molecule has 7 aliphatic rings. The lowest BCUT2D eigenvalue weighted by atomic mass is 9.71. The molecule has 0 aromatic heterocycles. The first kappa shape index (κ1) is 53.5. The number of ether oxygens (including phenoxy) is 11. The van der Waals surface area contributed by atoms with E-state index in [4.69, 9.17) is 52.1 Å². The summed E-state index contributed by atoms with van der Waals surface area (Å²) in [4.78, 5) is 38.2. The third kappa shape index (κ3) is 11.8. The third-order valence-electron chi connectivity index (χ3n) is 15.2. The summed E-state index contributed by atoms with van der Waals surface area (Å²) in [6, 6.07) is 0. The summed E-state index contributed by atoms with van der Waals surface area (Å²) in [5.74, 6) is -3.64. The largest absolute Gasteiger partial charge is 0.462 e. The Hall–Kier alpha value is -3.33. The summed E-state index contributed by atoms with van der Waals surface area (Å²) in [7, 11) is 3.16. The van der Waals surface area contributed by atoms with Crippen LogP contribution >= 0.6 is 0 Å². The van der Waals surface area contributed by atoms with Crippen molar-refractivity contribution in [2.75, 3.05) is 27.4 Å². The second kappa shape index (κ2) is 22.6. The maximum absolute atomic E-state index is 14.4. The van der Waals surface area contributed by atoms with Gasteiger partial charge in [-0.25, -0.2) is 0 Å². The van der Waals surface area contributed by atoms with E-state index in [9.17, 15) is 24.6 Å². The Bertz CT molecular complexity index is 1990. The number of fused-ring (bicyclic) bond motifs is 2. The quantitative estimate of drug-likeness (QED) is 0.183. The number of esters is 2. The van der Waals surface area contributed by atoms with Gasteiger partial charge in [-0.15, -0.1) is 0 Å². The maximum Gasteiger partial charge on any atom is 0.325 e. The molecular formula is C52H77NO16. The molecule has 2 bridgehead atoms. The summed E-state index contributed by atoms with van der Waals surface area (Å²) in [5.41, 5.74) is 0.0469. The Morgan fingerprint density at radius 3 is 2.28 bits per heavy atom. The number of allylic oxidation sites excluding steroid dienone is 2. The van der Waals surface area contributed by atoms with Crippen LogP contribution in [0.2, 0.25) is 0 Å². The smallest absolute Gasteiger partial charge is 0.325 e. The predicted molar refractivity (Wildman–Crippen MR) is 250 cm³/mol. The maximum atomic E-state index is 14.4. The van der Waals surface area contributed by atoms with Crippen LogP contribution in [0.4, 0.5) is 0 Å². The number of hydrogen-bond acceptors (Lipinski definition) is 16. The second-order valence-electron chi connectivity index (χ2n) is 20.3. The van der Waals surface area contributed by atoms with Gasteiger partial charge in [0.25, 0.3) is 0 Å². The Kier molecular flexibility index (Phi) is 17.5. The first-order valence-electron chi connectivity index (χ1n) is 24.9. The Morgan fingerprint density at radius 1 is 0.913 bits per heavy atom. The van der Waals surface area contributed by atoms with Crippen molar-refractivity contribution in [3.8, 4) is 0 Å². The van der Waals surface area contributed by atoms with Gasteiger partial charge in [-0.05, 0) is 62.8 Å². The van der Waals surface area contributed by atoms with Gasteiger partial charge >= 0.3 is 11.9 Å². The molecule has 386 valence electrons. The van der Waals surface area contributed by atoms with Crippen LogP contribution in [-0.4, -0.2) is 153 Å². The summed E-state index contributed by atoms with van der Waals surface area (Å²) < 4.78 is 70.0. The highest BCUT2D eigenvalue weighted by molar-refractivity contribution is 5.80. The fraction of sp³-hybridized carbons (Fsp3) is 0.750. The number of amides is 1. The number of rotatable bonds is 11. The molecule has 17 nitrogen and oxygen atoms in total. The van der Waals surface area contributed by atoms with Crippen molar-refractivity contribution in [3.63, 3.8) is 0 Å². The van der Waals surface area contributed by atoms with E-state index in [-0.39, 0.29) is 55.8 Å². The normalized spacial score (nSPS) is 45.1. The first-order valence-corrected chi connectivity index (χ1v) is 24.9. The molecule has 4 fully saturated rings. The number of methoxy groups -OCH3 is 2.